The largest absolute Gasteiger partial charge is 0.356 e. The fourth-order valence-electron chi connectivity index (χ4n) is 3.94. The summed E-state index contributed by atoms with van der Waals surface area (Å²) in [6, 6.07) is 23.9. The molecule has 0 unspecified atom stereocenters. The monoisotopic (exact) mass is 356 g/mol. The Morgan fingerprint density at radius 1 is 0.667 bits per heavy atom. The van der Waals surface area contributed by atoms with Crippen LogP contribution in [0.25, 0.3) is 0 Å². The average Bonchev–Trinajstić information content (AvgIpc) is 3.27. The first-order chi connectivity index (χ1) is 13.4. The number of nitrogens with zero attached hydrogens (tertiary/aromatic N) is 2. The van der Waals surface area contributed by atoms with E-state index < -0.39 is 0 Å². The van der Waals surface area contributed by atoms with Crippen LogP contribution in [0.2, 0.25) is 0 Å². The van der Waals surface area contributed by atoms with Crippen LogP contribution in [0.1, 0.15) is 35.1 Å². The van der Waals surface area contributed by atoms with Crippen molar-refractivity contribution < 1.29 is 0 Å². The molecule has 3 aromatic rings. The second-order valence-corrected chi connectivity index (χ2v) is 7.49. The van der Waals surface area contributed by atoms with Crippen molar-refractivity contribution in [3.05, 3.63) is 95.2 Å². The molecule has 0 atom stereocenters. The molecule has 0 spiro atoms. The lowest BCUT2D eigenvalue weighted by Crippen LogP contribution is -2.21. The zero-order chi connectivity index (χ0) is 18.3. The van der Waals surface area contributed by atoms with Crippen LogP contribution in [-0.4, -0.2) is 18.1 Å². The van der Waals surface area contributed by atoms with Crippen LogP contribution >= 0.6 is 0 Å². The minimum Gasteiger partial charge on any atom is -0.356 e. The third kappa shape index (κ3) is 4.77. The van der Waals surface area contributed by atoms with Crippen molar-refractivity contribution in [2.75, 3.05) is 18.0 Å². The molecule has 0 N–H and O–H groups in total. The Balaban J connectivity index is 1.51. The topological polar surface area (TPSA) is 16.1 Å². The highest BCUT2D eigenvalue weighted by atomic mass is 15.2. The quantitative estimate of drug-likeness (QED) is 0.574. The van der Waals surface area contributed by atoms with Crippen LogP contribution in [0, 0.1) is 0 Å². The van der Waals surface area contributed by atoms with Crippen molar-refractivity contribution in [1.29, 1.82) is 0 Å². The zero-order valence-corrected chi connectivity index (χ0v) is 16.0. The maximum Gasteiger partial charge on any atom is 0.131 e. The van der Waals surface area contributed by atoms with E-state index in [1.165, 1.54) is 40.9 Å². The molecule has 0 saturated carbocycles. The first kappa shape index (κ1) is 17.8. The first-order valence-corrected chi connectivity index (χ1v) is 10.2. The van der Waals surface area contributed by atoms with Crippen LogP contribution in [0.4, 0.5) is 5.82 Å². The Bertz CT molecular complexity index is 837. The third-order valence-electron chi connectivity index (χ3n) is 5.48. The molecule has 4 rings (SSSR count). The standard InChI is InChI=1S/C25H28N2/c1-3-9-21(10-4-1)13-14-23-19-24(16-15-22-11-5-2-6-12-22)25(26-20-23)27-17-7-8-18-27/h1-6,9-12,19-20H,7-8,13-18H2. The number of aromatic nitrogens is 1. The summed E-state index contributed by atoms with van der Waals surface area (Å²) in [6.45, 7) is 2.30. The molecular weight excluding hydrogens is 328 g/mol. The molecule has 1 saturated heterocycles. The summed E-state index contributed by atoms with van der Waals surface area (Å²) >= 11 is 0. The van der Waals surface area contributed by atoms with Gasteiger partial charge in [0.1, 0.15) is 5.82 Å². The van der Waals surface area contributed by atoms with Gasteiger partial charge in [-0.05, 0) is 60.8 Å². The number of hydrogen-bond acceptors (Lipinski definition) is 2. The van der Waals surface area contributed by atoms with E-state index >= 15 is 0 Å². The molecule has 0 amide bonds. The molecule has 2 nitrogen and oxygen atoms in total. The van der Waals surface area contributed by atoms with Crippen LogP contribution in [-0.2, 0) is 25.7 Å². The molecule has 0 radical (unpaired) electrons. The van der Waals surface area contributed by atoms with Gasteiger partial charge in [-0.25, -0.2) is 4.98 Å². The Morgan fingerprint density at radius 2 is 1.22 bits per heavy atom. The van der Waals surface area contributed by atoms with Gasteiger partial charge in [0, 0.05) is 19.3 Å². The van der Waals surface area contributed by atoms with E-state index in [0.717, 1.165) is 38.8 Å². The van der Waals surface area contributed by atoms with Crippen LogP contribution in [0.3, 0.4) is 0 Å². The summed E-state index contributed by atoms with van der Waals surface area (Å²) in [6.07, 6.45) is 8.93. The molecule has 1 aromatic heterocycles. The molecular formula is C25H28N2. The van der Waals surface area contributed by atoms with E-state index in [0.29, 0.717) is 0 Å². The van der Waals surface area contributed by atoms with Gasteiger partial charge in [0.2, 0.25) is 0 Å². The second kappa shape index (κ2) is 8.85. The first-order valence-electron chi connectivity index (χ1n) is 10.2. The van der Waals surface area contributed by atoms with Crippen molar-refractivity contribution >= 4 is 5.82 Å². The van der Waals surface area contributed by atoms with E-state index in [-0.39, 0.29) is 0 Å². The molecule has 2 heteroatoms. The van der Waals surface area contributed by atoms with Gasteiger partial charge in [0.25, 0.3) is 0 Å². The number of hydrogen-bond donors (Lipinski definition) is 0. The van der Waals surface area contributed by atoms with Gasteiger partial charge in [-0.15, -0.1) is 0 Å². The van der Waals surface area contributed by atoms with Gasteiger partial charge in [-0.3, -0.25) is 0 Å². The summed E-state index contributed by atoms with van der Waals surface area (Å²) in [5, 5.41) is 0. The van der Waals surface area contributed by atoms with Crippen LogP contribution in [0.5, 0.6) is 0 Å². The number of anilines is 1. The molecule has 0 bridgehead atoms. The minimum absolute atomic E-state index is 1.05. The normalized spacial score (nSPS) is 13.9. The Hall–Kier alpha value is -2.61. The van der Waals surface area contributed by atoms with Gasteiger partial charge < -0.3 is 4.90 Å². The van der Waals surface area contributed by atoms with Crippen molar-refractivity contribution in [3.8, 4) is 0 Å². The fourth-order valence-corrected chi connectivity index (χ4v) is 3.94. The highest BCUT2D eigenvalue weighted by molar-refractivity contribution is 5.49. The SMILES string of the molecule is c1ccc(CCc2cnc(N3CCCC3)c(CCc3ccccc3)c2)cc1. The molecule has 2 aromatic carbocycles. The van der Waals surface area contributed by atoms with E-state index in [2.05, 4.69) is 77.8 Å². The van der Waals surface area contributed by atoms with E-state index in [1.807, 2.05) is 0 Å². The predicted molar refractivity (Wildman–Crippen MR) is 113 cm³/mol. The van der Waals surface area contributed by atoms with Crippen molar-refractivity contribution in [2.45, 2.75) is 38.5 Å². The van der Waals surface area contributed by atoms with Gasteiger partial charge in [-0.2, -0.15) is 0 Å². The highest BCUT2D eigenvalue weighted by Gasteiger charge is 2.17. The fraction of sp³-hybridized carbons (Fsp3) is 0.320. The lowest BCUT2D eigenvalue weighted by atomic mass is 10.0. The van der Waals surface area contributed by atoms with Crippen LogP contribution < -0.4 is 4.90 Å². The summed E-state index contributed by atoms with van der Waals surface area (Å²) in [7, 11) is 0. The Kier molecular flexibility index (Phi) is 5.83. The van der Waals surface area contributed by atoms with Gasteiger partial charge in [0.15, 0.2) is 0 Å². The van der Waals surface area contributed by atoms with Gasteiger partial charge >= 0.3 is 0 Å². The van der Waals surface area contributed by atoms with Crippen molar-refractivity contribution in [1.82, 2.24) is 4.98 Å². The highest BCUT2D eigenvalue weighted by Crippen LogP contribution is 2.25. The number of benzene rings is 2. The average molecular weight is 357 g/mol. The number of rotatable bonds is 7. The van der Waals surface area contributed by atoms with Crippen molar-refractivity contribution in [3.63, 3.8) is 0 Å². The van der Waals surface area contributed by atoms with E-state index in [1.54, 1.807) is 0 Å². The third-order valence-corrected chi connectivity index (χ3v) is 5.48. The second-order valence-electron chi connectivity index (χ2n) is 7.49. The summed E-state index contributed by atoms with van der Waals surface area (Å²) in [5.74, 6) is 1.21. The van der Waals surface area contributed by atoms with Gasteiger partial charge in [-0.1, -0.05) is 66.7 Å². The molecule has 27 heavy (non-hydrogen) atoms. The maximum atomic E-state index is 4.91. The summed E-state index contributed by atoms with van der Waals surface area (Å²) < 4.78 is 0. The van der Waals surface area contributed by atoms with Gasteiger partial charge in [0.05, 0.1) is 0 Å². The molecule has 1 aliphatic rings. The van der Waals surface area contributed by atoms with E-state index in [4.69, 9.17) is 4.98 Å². The van der Waals surface area contributed by atoms with Crippen LogP contribution in [0.15, 0.2) is 72.9 Å². The lowest BCUT2D eigenvalue weighted by Gasteiger charge is -2.21. The zero-order valence-electron chi connectivity index (χ0n) is 16.0. The minimum atomic E-state index is 1.05. The Labute approximate surface area is 162 Å². The Morgan fingerprint density at radius 3 is 1.85 bits per heavy atom. The smallest absolute Gasteiger partial charge is 0.131 e. The summed E-state index contributed by atoms with van der Waals surface area (Å²) in [5.41, 5.74) is 5.56. The number of aryl methyl sites for hydroxylation is 4. The maximum absolute atomic E-state index is 4.91. The van der Waals surface area contributed by atoms with E-state index in [9.17, 15) is 0 Å². The molecule has 2 heterocycles. The summed E-state index contributed by atoms with van der Waals surface area (Å²) in [4.78, 5) is 7.38. The predicted octanol–water partition coefficient (Wildman–Crippen LogP) is 5.25. The van der Waals surface area contributed by atoms with Crippen molar-refractivity contribution in [2.24, 2.45) is 0 Å². The molecule has 138 valence electrons. The molecule has 1 aliphatic heterocycles. The lowest BCUT2D eigenvalue weighted by molar-refractivity contribution is 0.869. The molecule has 1 fully saturated rings. The number of pyridine rings is 1. The molecule has 0 aliphatic carbocycles.